The zero-order valence-electron chi connectivity index (χ0n) is 34.4. The smallest absolute Gasteiger partial charge is 0 e. The minimum atomic E-state index is -0.910. The van der Waals surface area contributed by atoms with Crippen LogP contribution in [0.5, 0.6) is 0 Å². The number of carbonyl (C=O) groups is 3. The third kappa shape index (κ3) is 36.3. The molecule has 1 saturated heterocycles. The van der Waals surface area contributed by atoms with Crippen molar-refractivity contribution in [2.24, 2.45) is 10.8 Å². The van der Waals surface area contributed by atoms with Crippen LogP contribution in [0.15, 0.2) is 43.5 Å². The van der Waals surface area contributed by atoms with Gasteiger partial charge in [0.15, 0.2) is 0 Å². The number of likely N-dealkylation sites (tertiary alicyclic amines) is 1. The Hall–Kier alpha value is -4.56. The normalized spacial score (nSPS) is 12.7. The molecule has 59 heavy (non-hydrogen) atoms. The number of nitrogens with zero attached hydrogens (tertiary/aromatic N) is 1. The van der Waals surface area contributed by atoms with Crippen LogP contribution in [0.2, 0.25) is 0 Å². The van der Waals surface area contributed by atoms with E-state index in [1.807, 2.05) is 71.9 Å². The summed E-state index contributed by atoms with van der Waals surface area (Å²) in [6, 6.07) is 5.92. The monoisotopic (exact) mass is 906 g/mol. The first-order valence-corrected chi connectivity index (χ1v) is 16.6. The van der Waals surface area contributed by atoms with Crippen LogP contribution >= 0.6 is 0 Å². The molecule has 3 atom stereocenters. The predicted octanol–water partition coefficient (Wildman–Crippen LogP) is 6.16. The summed E-state index contributed by atoms with van der Waals surface area (Å²) in [4.78, 5) is 40.2. The van der Waals surface area contributed by atoms with Crippen molar-refractivity contribution in [1.82, 2.24) is 10.2 Å². The number of nitrogens with one attached hydrogen (secondary N) is 1. The van der Waals surface area contributed by atoms with E-state index in [1.54, 1.807) is 6.08 Å². The summed E-state index contributed by atoms with van der Waals surface area (Å²) in [5.74, 6) is 7.75. The van der Waals surface area contributed by atoms with Gasteiger partial charge in [-0.15, -0.1) is 18.9 Å². The average Bonchev–Trinajstić information content (AvgIpc) is 3.67. The molecule has 2 rings (SSSR count). The van der Waals surface area contributed by atoms with Gasteiger partial charge in [0.05, 0.1) is 19.8 Å². The quantitative estimate of drug-likeness (QED) is 0.0647. The topological polar surface area (TPSA) is 214 Å². The number of terminal acetylenes is 1. The summed E-state index contributed by atoms with van der Waals surface area (Å²) < 4.78 is 61.2. The van der Waals surface area contributed by atoms with Crippen molar-refractivity contribution in [3.8, 4) is 24.2 Å². The van der Waals surface area contributed by atoms with Crippen molar-refractivity contribution in [2.75, 3.05) is 26.9 Å². The third-order valence-corrected chi connectivity index (χ3v) is 6.91. The molecule has 16 heteroatoms. The predicted molar refractivity (Wildman–Crippen MR) is 204 cm³/mol. The average molecular weight is 907 g/mol. The number of methoxy groups -OCH3 is 1. The number of ether oxygens (including phenoxy) is 3. The molecule has 1 aliphatic heterocycles. The molecule has 1 aromatic rings. The van der Waals surface area contributed by atoms with Gasteiger partial charge in [0.25, 0.3) is 0 Å². The molecule has 1 fully saturated rings. The van der Waals surface area contributed by atoms with Crippen LogP contribution in [0.4, 0.5) is 4.79 Å². The largest absolute Gasteiger partial charge is 0 e. The molecule has 0 saturated carbocycles. The number of esters is 1. The second-order valence-corrected chi connectivity index (χ2v) is 12.9. The van der Waals surface area contributed by atoms with E-state index in [0.717, 1.165) is 36.8 Å². The molecule has 14 nitrogen and oxygen atoms in total. The van der Waals surface area contributed by atoms with Gasteiger partial charge >= 0.3 is 79.9 Å². The van der Waals surface area contributed by atoms with Crippen molar-refractivity contribution >= 4 is 24.0 Å². The van der Waals surface area contributed by atoms with E-state index in [0.29, 0.717) is 0 Å². The fraction of sp³-hybridized carbons (Fsp3) is 0.465. The van der Waals surface area contributed by atoms with Gasteiger partial charge in [0.1, 0.15) is 18.7 Å². The summed E-state index contributed by atoms with van der Waals surface area (Å²) in [5.41, 5.74) is 1.21. The molecule has 1 aliphatic rings. The molecule has 0 unspecified atom stereocenters. The van der Waals surface area contributed by atoms with Crippen molar-refractivity contribution in [3.05, 3.63) is 94.5 Å². The summed E-state index contributed by atoms with van der Waals surface area (Å²) in [6.07, 6.45) is 11.4. The minimum Gasteiger partial charge on any atom is 0 e. The second-order valence-electron chi connectivity index (χ2n) is 12.9. The van der Waals surface area contributed by atoms with Crippen LogP contribution in [0, 0.1) is 74.9 Å². The number of rotatable bonds is 12. The Kier molecular flexibility index (Phi) is 58.4. The van der Waals surface area contributed by atoms with Gasteiger partial charge in [-0.3, -0.25) is 4.79 Å². The molecule has 0 spiro atoms. The van der Waals surface area contributed by atoms with Gasteiger partial charge in [-0.1, -0.05) is 69.5 Å². The number of hydrogen-bond acceptors (Lipinski definition) is 6. The number of alkyl carbamates (subject to hydrolysis) is 1. The molecular weight excluding hydrogens is 854 g/mol. The molecule has 1 heterocycles. The fourth-order valence-electron chi connectivity index (χ4n) is 4.31. The van der Waals surface area contributed by atoms with Gasteiger partial charge in [-0.05, 0) is 63.5 Å². The number of benzene rings is 1. The molecule has 0 bridgehead atoms. The van der Waals surface area contributed by atoms with E-state index >= 15 is 0 Å². The maximum Gasteiger partial charge on any atom is 0 e. The van der Waals surface area contributed by atoms with Crippen LogP contribution < -0.4 is 5.32 Å². The van der Waals surface area contributed by atoms with Crippen molar-refractivity contribution < 1.29 is 90.1 Å². The first kappa shape index (κ1) is 72.1. The van der Waals surface area contributed by atoms with Crippen LogP contribution in [0.25, 0.3) is 6.08 Å². The summed E-state index contributed by atoms with van der Waals surface area (Å²) in [5, 5.41) is 2.72. The standard InChI is InChI=1S/C31H42N2O6.C6H10.6CO.2Co/c1-7-9-10-11-14-19-39-30(36)32-27(31(3,4)5)28(34)33-22-25(21-26(33)29(35)37-6)38-20-15-18-24-17-13-12-16-23(24)8-2;1-5-6(2,3)4;6*1-2;;/h7-8,12-13,16-17,25-27H,1-2,9-11,14,19-22H2,3-6H3,(H,32,36);1H,2-4H3;;;;;;;;/t25-,26+,27-;;;;;;;;;/m1........./s1. The number of carbonyl (C=O) groups excluding carboxylic acids is 3. The van der Waals surface area contributed by atoms with E-state index in [4.69, 9.17) is 48.5 Å². The first-order valence-electron chi connectivity index (χ1n) is 16.6. The molecule has 1 N–H and O–H groups in total. The Morgan fingerprint density at radius 2 is 1.42 bits per heavy atom. The van der Waals surface area contributed by atoms with Crippen molar-refractivity contribution in [2.45, 2.75) is 91.8 Å². The first-order chi connectivity index (χ1) is 27.2. The van der Waals surface area contributed by atoms with E-state index in [2.05, 4.69) is 76.1 Å². The third-order valence-electron chi connectivity index (χ3n) is 6.91. The van der Waals surface area contributed by atoms with Crippen molar-refractivity contribution in [3.63, 3.8) is 0 Å². The van der Waals surface area contributed by atoms with E-state index in [1.165, 1.54) is 12.0 Å². The Balaban J connectivity index is -0.000000187. The van der Waals surface area contributed by atoms with E-state index in [-0.39, 0.29) is 65.2 Å². The molecule has 324 valence electrons. The molecule has 2 radical (unpaired) electrons. The Labute approximate surface area is 371 Å². The minimum absolute atomic E-state index is 0. The number of hydrogen-bond donors (Lipinski definition) is 1. The SMILES string of the molecule is C#CC(C)(C)C.C=CCCCCCOC(=O)N[C@H](C(=O)N1C[C@H](OCC#Cc2ccccc2C=C)C[C@H]1C(=O)OC)C(C)(C)C.[C-]#[O+].[C-]#[O+].[C-]#[O+].[C-]#[O+].[C-]#[O+].[C-]#[O+].[Co].[Co]. The molecule has 2 amide bonds. The molecule has 0 aliphatic carbocycles. The maximum absolute atomic E-state index is 13.7. The summed E-state index contributed by atoms with van der Waals surface area (Å²) in [7, 11) is 1.29. The zero-order chi connectivity index (χ0) is 46.0. The van der Waals surface area contributed by atoms with Crippen LogP contribution in [-0.4, -0.2) is 67.9 Å². The maximum atomic E-state index is 13.7. The second kappa shape index (κ2) is 47.8. The Bertz CT molecular complexity index is 1490. The van der Waals surface area contributed by atoms with Gasteiger partial charge < -0.3 is 24.4 Å². The van der Waals surface area contributed by atoms with Crippen LogP contribution in [-0.2, 0) is 85.3 Å². The number of allylic oxidation sites excluding steroid dienone is 1. The molecular formula is C43H52Co2N2O12. The summed E-state index contributed by atoms with van der Waals surface area (Å²) >= 11 is 0. The Morgan fingerprint density at radius 3 is 1.86 bits per heavy atom. The molecule has 1 aromatic carbocycles. The van der Waals surface area contributed by atoms with Gasteiger partial charge in [-0.2, -0.15) is 0 Å². The number of unbranched alkanes of at least 4 members (excludes halogenated alkanes) is 3. The van der Waals surface area contributed by atoms with E-state index < -0.39 is 41.6 Å². The van der Waals surface area contributed by atoms with Gasteiger partial charge in [0.2, 0.25) is 5.91 Å². The van der Waals surface area contributed by atoms with E-state index in [9.17, 15) is 14.4 Å². The van der Waals surface area contributed by atoms with Crippen molar-refractivity contribution in [1.29, 1.82) is 0 Å². The summed E-state index contributed by atoms with van der Waals surface area (Å²) in [6.45, 7) is 46.6. The zero-order valence-corrected chi connectivity index (χ0v) is 36.4. The van der Waals surface area contributed by atoms with Gasteiger partial charge in [-0.25, -0.2) is 9.59 Å². The fourth-order valence-corrected chi connectivity index (χ4v) is 4.31. The van der Waals surface area contributed by atoms with Crippen LogP contribution in [0.1, 0.15) is 84.8 Å². The molecule has 0 aromatic heterocycles. The van der Waals surface area contributed by atoms with Gasteiger partial charge in [0, 0.05) is 57.5 Å². The Morgan fingerprint density at radius 1 is 0.915 bits per heavy atom. The number of amides is 2. The van der Waals surface area contributed by atoms with Crippen LogP contribution in [0.3, 0.4) is 0 Å².